The third kappa shape index (κ3) is 5.50. The van der Waals surface area contributed by atoms with E-state index in [0.717, 1.165) is 38.2 Å². The van der Waals surface area contributed by atoms with Crippen molar-refractivity contribution in [1.82, 2.24) is 30.5 Å². The lowest BCUT2D eigenvalue weighted by molar-refractivity contribution is -0.131. The van der Waals surface area contributed by atoms with E-state index in [1.807, 2.05) is 24.0 Å². The number of nitrogens with one attached hydrogen (secondary N) is 2. The second-order valence-electron chi connectivity index (χ2n) is 9.20. The number of carbonyl (C=O) groups is 2. The molecule has 0 unspecified atom stereocenters. The number of hydrogen-bond acceptors (Lipinski definition) is 8. The van der Waals surface area contributed by atoms with E-state index in [0.29, 0.717) is 46.7 Å². The molecule has 10 nitrogen and oxygen atoms in total. The third-order valence-electron chi connectivity index (χ3n) is 6.81. The number of aromatic nitrogens is 3. The first-order valence-corrected chi connectivity index (χ1v) is 12.7. The number of nitrogens with zero attached hydrogens (tertiary/aromatic N) is 5. The van der Waals surface area contributed by atoms with Crippen molar-refractivity contribution >= 4 is 29.4 Å². The van der Waals surface area contributed by atoms with Crippen molar-refractivity contribution in [2.24, 2.45) is 0 Å². The summed E-state index contributed by atoms with van der Waals surface area (Å²) in [6.07, 6.45) is 8.27. The quantitative estimate of drug-likeness (QED) is 0.471. The van der Waals surface area contributed by atoms with Gasteiger partial charge in [-0.05, 0) is 60.7 Å². The van der Waals surface area contributed by atoms with E-state index in [9.17, 15) is 9.59 Å². The topological polar surface area (TPSA) is 123 Å². The van der Waals surface area contributed by atoms with Gasteiger partial charge in [-0.3, -0.25) is 14.6 Å². The predicted molar refractivity (Wildman–Crippen MR) is 144 cm³/mol. The molecule has 2 aliphatic rings. The molecule has 4 heterocycles. The molecule has 2 N–H and O–H groups in total. The highest BCUT2D eigenvalue weighted by atomic mass is 16.5. The molecule has 0 aliphatic carbocycles. The van der Waals surface area contributed by atoms with Gasteiger partial charge in [0.25, 0.3) is 5.91 Å². The molecule has 2 aromatic heterocycles. The van der Waals surface area contributed by atoms with E-state index in [4.69, 9.17) is 9.72 Å². The number of fused-ring (bicyclic) bond motifs is 1. The number of anilines is 2. The van der Waals surface area contributed by atoms with E-state index >= 15 is 0 Å². The van der Waals surface area contributed by atoms with Crippen LogP contribution in [0.4, 0.5) is 11.5 Å². The Balaban J connectivity index is 1.34. The van der Waals surface area contributed by atoms with E-state index in [1.54, 1.807) is 18.3 Å². The summed E-state index contributed by atoms with van der Waals surface area (Å²) >= 11 is 0. The molecule has 1 radical (unpaired) electrons. The van der Waals surface area contributed by atoms with E-state index in [-0.39, 0.29) is 11.8 Å². The summed E-state index contributed by atoms with van der Waals surface area (Å²) in [6.45, 7) is 4.73. The number of amides is 2. The van der Waals surface area contributed by atoms with Crippen LogP contribution in [0.1, 0.15) is 47.2 Å². The highest BCUT2D eigenvalue weighted by molar-refractivity contribution is 6.05. The van der Waals surface area contributed by atoms with Gasteiger partial charge in [-0.1, -0.05) is 19.1 Å². The molecule has 1 fully saturated rings. The minimum absolute atomic E-state index is 0.166. The number of likely N-dealkylation sites (N-methyl/N-ethyl adjacent to an activating group) is 1. The van der Waals surface area contributed by atoms with Crippen LogP contribution in [0.15, 0.2) is 48.9 Å². The van der Waals surface area contributed by atoms with Crippen LogP contribution >= 0.6 is 0 Å². The van der Waals surface area contributed by atoms with E-state index in [2.05, 4.69) is 38.1 Å². The zero-order valence-electron chi connectivity index (χ0n) is 21.5. The largest absolute Gasteiger partial charge is 0.480 e. The van der Waals surface area contributed by atoms with Crippen LogP contribution in [0, 0.1) is 0 Å². The molecule has 5 rings (SSSR count). The molecular weight excluding hydrogens is 482 g/mol. The average molecular weight is 513 g/mol. The number of ether oxygens (including phenoxy) is 1. The molecule has 1 aromatic carbocycles. The van der Waals surface area contributed by atoms with Crippen LogP contribution in [0.5, 0.6) is 5.88 Å². The van der Waals surface area contributed by atoms with Crippen LogP contribution in [0.25, 0.3) is 17.5 Å². The minimum atomic E-state index is -0.354. The van der Waals surface area contributed by atoms with Gasteiger partial charge >= 0.3 is 0 Å². The van der Waals surface area contributed by atoms with Gasteiger partial charge in [0.1, 0.15) is 11.5 Å². The maximum atomic E-state index is 12.7. The Morgan fingerprint density at radius 3 is 2.63 bits per heavy atom. The molecule has 38 heavy (non-hydrogen) atoms. The highest BCUT2D eigenvalue weighted by Crippen LogP contribution is 2.32. The zero-order valence-corrected chi connectivity index (χ0v) is 21.5. The van der Waals surface area contributed by atoms with Crippen LogP contribution in [-0.4, -0.2) is 65.0 Å². The van der Waals surface area contributed by atoms with Gasteiger partial charge in [-0.25, -0.2) is 15.3 Å². The summed E-state index contributed by atoms with van der Waals surface area (Å²) in [5.74, 6) is 0.993. The summed E-state index contributed by atoms with van der Waals surface area (Å²) < 4.78 is 5.20. The average Bonchev–Trinajstić information content (AvgIpc) is 2.96. The second-order valence-corrected chi connectivity index (χ2v) is 9.20. The molecule has 0 saturated carbocycles. The van der Waals surface area contributed by atoms with Crippen molar-refractivity contribution in [3.63, 3.8) is 0 Å². The van der Waals surface area contributed by atoms with Crippen molar-refractivity contribution in [2.45, 2.75) is 25.7 Å². The second kappa shape index (κ2) is 11.4. The lowest BCUT2D eigenvalue weighted by Crippen LogP contribution is -2.42. The van der Waals surface area contributed by atoms with Crippen molar-refractivity contribution in [3.05, 3.63) is 65.6 Å². The standard InChI is InChI=1S/C28H30N7O3/c1-3-29-17-25(36)35-12-9-19(10-13-35)18-4-6-21(7-5-18)32-27-26-20(8-11-31-28(26)37)14-22(34-27)23-15-30-16-24(33-23)38-2/h4-8,11,14-16,19,29H,3,9-10,12-13,17H2,1-2H3,(H,32,34). The maximum Gasteiger partial charge on any atom is 0.281 e. The maximum absolute atomic E-state index is 12.7. The number of carbonyl (C=O) groups excluding carboxylic acids is 2. The molecule has 2 aliphatic heterocycles. The Morgan fingerprint density at radius 2 is 1.89 bits per heavy atom. The number of piperidine rings is 1. The Kier molecular flexibility index (Phi) is 7.60. The first kappa shape index (κ1) is 25.3. The van der Waals surface area contributed by atoms with Gasteiger partial charge in [0.15, 0.2) is 0 Å². The summed E-state index contributed by atoms with van der Waals surface area (Å²) in [6, 6.07) is 9.97. The Hall–Kier alpha value is -4.31. The molecule has 0 atom stereocenters. The lowest BCUT2D eigenvalue weighted by Gasteiger charge is -2.32. The molecule has 1 saturated heterocycles. The van der Waals surface area contributed by atoms with Crippen molar-refractivity contribution < 1.29 is 14.3 Å². The van der Waals surface area contributed by atoms with Gasteiger partial charge in [0, 0.05) is 25.0 Å². The minimum Gasteiger partial charge on any atom is -0.480 e. The Labute approximate surface area is 221 Å². The van der Waals surface area contributed by atoms with Crippen LogP contribution in [-0.2, 0) is 4.79 Å². The summed E-state index contributed by atoms with van der Waals surface area (Å²) in [4.78, 5) is 40.2. The number of likely N-dealkylation sites (tertiary alicyclic amines) is 1. The normalized spacial score (nSPS) is 15.1. The fourth-order valence-electron chi connectivity index (χ4n) is 4.74. The Bertz CT molecular complexity index is 1350. The number of benzene rings is 1. The number of rotatable bonds is 8. The molecule has 0 bridgehead atoms. The van der Waals surface area contributed by atoms with Crippen molar-refractivity contribution in [3.8, 4) is 17.3 Å². The SMILES string of the molecule is CCNCC(=O)N1CCC(c2ccc(Nc3nc(-c4cncc(OC)n4)cc4c3C(=O)[N]C=C4)cc2)CC1. The smallest absolute Gasteiger partial charge is 0.281 e. The van der Waals surface area contributed by atoms with Crippen LogP contribution in [0.3, 0.4) is 0 Å². The van der Waals surface area contributed by atoms with Crippen molar-refractivity contribution in [2.75, 3.05) is 38.6 Å². The van der Waals surface area contributed by atoms with Gasteiger partial charge in [-0.15, -0.1) is 0 Å². The van der Waals surface area contributed by atoms with Gasteiger partial charge in [0.2, 0.25) is 11.8 Å². The van der Waals surface area contributed by atoms with E-state index < -0.39 is 0 Å². The fourth-order valence-corrected chi connectivity index (χ4v) is 4.74. The van der Waals surface area contributed by atoms with Crippen molar-refractivity contribution in [1.29, 1.82) is 0 Å². The van der Waals surface area contributed by atoms with Gasteiger partial charge in [0.05, 0.1) is 37.3 Å². The molecule has 2 amide bonds. The van der Waals surface area contributed by atoms with Gasteiger partial charge in [-0.2, -0.15) is 0 Å². The van der Waals surface area contributed by atoms with E-state index in [1.165, 1.54) is 25.1 Å². The first-order chi connectivity index (χ1) is 18.6. The Morgan fingerprint density at radius 1 is 1.11 bits per heavy atom. The number of pyridine rings is 1. The predicted octanol–water partition coefficient (Wildman–Crippen LogP) is 3.34. The monoisotopic (exact) mass is 512 g/mol. The van der Waals surface area contributed by atoms with Gasteiger partial charge < -0.3 is 20.3 Å². The molecule has 195 valence electrons. The summed E-state index contributed by atoms with van der Waals surface area (Å²) in [7, 11) is 1.53. The zero-order chi connectivity index (χ0) is 26.5. The number of methoxy groups -OCH3 is 1. The lowest BCUT2D eigenvalue weighted by atomic mass is 9.89. The summed E-state index contributed by atoms with van der Waals surface area (Å²) in [5, 5.41) is 10.3. The fraction of sp³-hybridized carbons (Fsp3) is 0.321. The van der Waals surface area contributed by atoms with Crippen LogP contribution < -0.4 is 20.7 Å². The molecule has 0 spiro atoms. The first-order valence-electron chi connectivity index (χ1n) is 12.7. The highest BCUT2D eigenvalue weighted by Gasteiger charge is 2.25. The molecule has 3 aromatic rings. The summed E-state index contributed by atoms with van der Waals surface area (Å²) in [5.41, 5.74) is 4.24. The third-order valence-corrected chi connectivity index (χ3v) is 6.81. The van der Waals surface area contributed by atoms with Crippen LogP contribution in [0.2, 0.25) is 0 Å². The molecule has 10 heteroatoms. The number of hydrogen-bond donors (Lipinski definition) is 2. The molecular formula is C28H30N7O3.